The van der Waals surface area contributed by atoms with Crippen molar-refractivity contribution in [3.05, 3.63) is 27.0 Å². The minimum absolute atomic E-state index is 0.0866. The molecule has 1 saturated heterocycles. The Balaban J connectivity index is 2.77. The molecule has 1 aliphatic heterocycles. The second-order valence-corrected chi connectivity index (χ2v) is 5.12. The molecule has 2 rings (SSSR count). The van der Waals surface area contributed by atoms with E-state index in [1.54, 1.807) is 11.5 Å². The summed E-state index contributed by atoms with van der Waals surface area (Å²) in [6.45, 7) is 5.90. The molecule has 0 amide bonds. The van der Waals surface area contributed by atoms with E-state index in [1.165, 1.54) is 0 Å². The summed E-state index contributed by atoms with van der Waals surface area (Å²) >= 11 is 0. The van der Waals surface area contributed by atoms with Crippen LogP contribution in [0.4, 0.5) is 5.82 Å². The van der Waals surface area contributed by atoms with E-state index in [2.05, 4.69) is 4.90 Å². The lowest BCUT2D eigenvalue weighted by Crippen LogP contribution is -2.33. The van der Waals surface area contributed by atoms with Crippen LogP contribution in [0.5, 0.6) is 0 Å². The van der Waals surface area contributed by atoms with Gasteiger partial charge < -0.3 is 4.90 Å². The highest BCUT2D eigenvalue weighted by Crippen LogP contribution is 2.26. The lowest BCUT2D eigenvalue weighted by molar-refractivity contribution is 0.112. The number of hydrogen-bond acceptors (Lipinski definition) is 4. The number of anilines is 1. The van der Waals surface area contributed by atoms with Gasteiger partial charge >= 0.3 is 0 Å². The van der Waals surface area contributed by atoms with E-state index in [0.717, 1.165) is 38.6 Å². The first-order valence-electron chi connectivity index (χ1n) is 7.03. The Morgan fingerprint density at radius 1 is 1.35 bits per heavy atom. The van der Waals surface area contributed by atoms with Crippen LogP contribution in [0.1, 0.15) is 47.7 Å². The number of nitriles is 1. The molecule has 20 heavy (non-hydrogen) atoms. The van der Waals surface area contributed by atoms with Gasteiger partial charge in [-0.1, -0.05) is 6.92 Å². The molecule has 0 saturated carbocycles. The maximum Gasteiger partial charge on any atom is 0.270 e. The number of carbonyl (C=O) groups is 1. The van der Waals surface area contributed by atoms with Crippen LogP contribution in [0.2, 0.25) is 0 Å². The highest BCUT2D eigenvalue weighted by atomic mass is 16.1. The molecule has 0 radical (unpaired) electrons. The van der Waals surface area contributed by atoms with Crippen molar-refractivity contribution in [2.24, 2.45) is 0 Å². The first-order valence-corrected chi connectivity index (χ1v) is 7.03. The SMILES string of the molecule is CCCn1c(N2CCCC2)c(C=O)c(C)c(C#N)c1=O. The van der Waals surface area contributed by atoms with Crippen molar-refractivity contribution in [3.8, 4) is 6.07 Å². The number of hydrogen-bond donors (Lipinski definition) is 0. The number of pyridine rings is 1. The van der Waals surface area contributed by atoms with E-state index in [0.29, 0.717) is 23.5 Å². The third-order valence-electron chi connectivity index (χ3n) is 3.82. The standard InChI is InChI=1S/C15H19N3O2/c1-3-6-18-14(17-7-4-5-8-17)13(10-19)11(2)12(9-16)15(18)20/h10H,3-8H2,1-2H3. The molecule has 0 unspecified atom stereocenters. The zero-order chi connectivity index (χ0) is 14.7. The Hall–Kier alpha value is -2.09. The van der Waals surface area contributed by atoms with Crippen LogP contribution in [-0.2, 0) is 6.54 Å². The molecule has 1 aromatic rings. The van der Waals surface area contributed by atoms with Gasteiger partial charge in [-0.15, -0.1) is 0 Å². The van der Waals surface area contributed by atoms with E-state index < -0.39 is 0 Å². The van der Waals surface area contributed by atoms with E-state index in [-0.39, 0.29) is 11.1 Å². The van der Waals surface area contributed by atoms with Crippen LogP contribution in [0, 0.1) is 18.3 Å². The molecule has 0 aromatic carbocycles. The van der Waals surface area contributed by atoms with Gasteiger partial charge in [0.25, 0.3) is 5.56 Å². The third-order valence-corrected chi connectivity index (χ3v) is 3.82. The van der Waals surface area contributed by atoms with Crippen molar-refractivity contribution in [3.63, 3.8) is 0 Å². The lowest BCUT2D eigenvalue weighted by Gasteiger charge is -2.25. The quantitative estimate of drug-likeness (QED) is 0.785. The highest BCUT2D eigenvalue weighted by Gasteiger charge is 2.24. The Labute approximate surface area is 118 Å². The fourth-order valence-electron chi connectivity index (χ4n) is 2.81. The number of nitrogens with zero attached hydrogens (tertiary/aromatic N) is 3. The monoisotopic (exact) mass is 273 g/mol. The summed E-state index contributed by atoms with van der Waals surface area (Å²) in [5, 5.41) is 9.18. The fraction of sp³-hybridized carbons (Fsp3) is 0.533. The molecule has 5 nitrogen and oxygen atoms in total. The van der Waals surface area contributed by atoms with Crippen molar-refractivity contribution in [2.45, 2.75) is 39.7 Å². The van der Waals surface area contributed by atoms with Crippen LogP contribution < -0.4 is 10.5 Å². The number of rotatable bonds is 4. The number of aldehydes is 1. The minimum atomic E-state index is -0.278. The van der Waals surface area contributed by atoms with Crippen LogP contribution in [0.15, 0.2) is 4.79 Å². The second kappa shape index (κ2) is 5.91. The molecule has 1 aliphatic rings. The number of aromatic nitrogens is 1. The molecule has 106 valence electrons. The van der Waals surface area contributed by atoms with E-state index >= 15 is 0 Å². The Kier molecular flexibility index (Phi) is 4.23. The van der Waals surface area contributed by atoms with Gasteiger partial charge in [0.15, 0.2) is 6.29 Å². The molecule has 0 atom stereocenters. The summed E-state index contributed by atoms with van der Waals surface area (Å²) in [4.78, 5) is 26.0. The predicted octanol–water partition coefficient (Wildman–Crippen LogP) is 1.85. The molecule has 0 spiro atoms. The van der Waals surface area contributed by atoms with Gasteiger partial charge in [0.05, 0.1) is 5.56 Å². The molecule has 0 bridgehead atoms. The van der Waals surface area contributed by atoms with Crippen molar-refractivity contribution in [1.82, 2.24) is 4.57 Å². The molecule has 5 heteroatoms. The van der Waals surface area contributed by atoms with Crippen molar-refractivity contribution in [1.29, 1.82) is 5.26 Å². The maximum atomic E-state index is 12.5. The largest absolute Gasteiger partial charge is 0.357 e. The van der Waals surface area contributed by atoms with Crippen LogP contribution in [0.3, 0.4) is 0 Å². The van der Waals surface area contributed by atoms with E-state index in [9.17, 15) is 14.9 Å². The summed E-state index contributed by atoms with van der Waals surface area (Å²) in [5.41, 5.74) is 0.793. The first kappa shape index (κ1) is 14.3. The summed E-state index contributed by atoms with van der Waals surface area (Å²) in [6.07, 6.45) is 3.69. The van der Waals surface area contributed by atoms with Gasteiger partial charge in [0, 0.05) is 19.6 Å². The average molecular weight is 273 g/mol. The second-order valence-electron chi connectivity index (χ2n) is 5.12. The zero-order valence-corrected chi connectivity index (χ0v) is 12.0. The maximum absolute atomic E-state index is 12.5. The van der Waals surface area contributed by atoms with Crippen LogP contribution >= 0.6 is 0 Å². The molecular weight excluding hydrogens is 254 g/mol. The van der Waals surface area contributed by atoms with Crippen molar-refractivity contribution in [2.75, 3.05) is 18.0 Å². The van der Waals surface area contributed by atoms with Crippen molar-refractivity contribution < 1.29 is 4.79 Å². The predicted molar refractivity (Wildman–Crippen MR) is 77.3 cm³/mol. The van der Waals surface area contributed by atoms with Gasteiger partial charge in [-0.25, -0.2) is 0 Å². The fourth-order valence-corrected chi connectivity index (χ4v) is 2.81. The molecule has 1 aromatic heterocycles. The molecule has 0 aliphatic carbocycles. The minimum Gasteiger partial charge on any atom is -0.357 e. The summed E-state index contributed by atoms with van der Waals surface area (Å²) < 4.78 is 1.60. The lowest BCUT2D eigenvalue weighted by atomic mass is 10.0. The normalized spacial score (nSPS) is 14.3. The third kappa shape index (κ3) is 2.22. The Morgan fingerprint density at radius 3 is 2.50 bits per heavy atom. The average Bonchev–Trinajstić information content (AvgIpc) is 2.96. The number of carbonyl (C=O) groups excluding carboxylic acids is 1. The topological polar surface area (TPSA) is 66.1 Å². The highest BCUT2D eigenvalue weighted by molar-refractivity contribution is 5.86. The van der Waals surface area contributed by atoms with E-state index in [1.807, 2.05) is 13.0 Å². The molecular formula is C15H19N3O2. The van der Waals surface area contributed by atoms with Gasteiger partial charge in [0.2, 0.25) is 0 Å². The van der Waals surface area contributed by atoms with Crippen LogP contribution in [0.25, 0.3) is 0 Å². The molecule has 2 heterocycles. The molecule has 1 fully saturated rings. The zero-order valence-electron chi connectivity index (χ0n) is 12.0. The van der Waals surface area contributed by atoms with Gasteiger partial charge in [-0.05, 0) is 31.7 Å². The molecule has 0 N–H and O–H groups in total. The van der Waals surface area contributed by atoms with Gasteiger partial charge in [-0.2, -0.15) is 5.26 Å². The van der Waals surface area contributed by atoms with Crippen molar-refractivity contribution >= 4 is 12.1 Å². The van der Waals surface area contributed by atoms with Gasteiger partial charge in [0.1, 0.15) is 17.5 Å². The van der Waals surface area contributed by atoms with Crippen LogP contribution in [-0.4, -0.2) is 23.9 Å². The van der Waals surface area contributed by atoms with E-state index in [4.69, 9.17) is 0 Å². The Bertz CT molecular complexity index is 619. The summed E-state index contributed by atoms with van der Waals surface area (Å²) in [5.74, 6) is 0.695. The summed E-state index contributed by atoms with van der Waals surface area (Å²) in [7, 11) is 0. The smallest absolute Gasteiger partial charge is 0.270 e. The van der Waals surface area contributed by atoms with Gasteiger partial charge in [-0.3, -0.25) is 14.2 Å². The Morgan fingerprint density at radius 2 is 2.00 bits per heavy atom. The first-order chi connectivity index (χ1) is 9.65. The summed E-state index contributed by atoms with van der Waals surface area (Å²) in [6, 6.07) is 1.94.